The van der Waals surface area contributed by atoms with Gasteiger partial charge in [-0.2, -0.15) is 5.21 Å². The zero-order chi connectivity index (χ0) is 28.1. The fourth-order valence-corrected chi connectivity index (χ4v) is 4.47. The average Bonchev–Trinajstić information content (AvgIpc) is 3.70. The van der Waals surface area contributed by atoms with Gasteiger partial charge in [0.15, 0.2) is 23.8 Å². The number of hydrogen-bond donors (Lipinski definition) is 2. The molecule has 3 heterocycles. The Labute approximate surface area is 228 Å². The summed E-state index contributed by atoms with van der Waals surface area (Å²) in [6.45, 7) is 3.24. The molecule has 5 rings (SSSR count). The minimum absolute atomic E-state index is 0.123. The van der Waals surface area contributed by atoms with Crippen molar-refractivity contribution in [3.05, 3.63) is 93.4 Å². The van der Waals surface area contributed by atoms with E-state index in [1.54, 1.807) is 11.5 Å². The molecule has 0 saturated heterocycles. The number of aromatic nitrogens is 6. The van der Waals surface area contributed by atoms with Crippen LogP contribution in [-0.4, -0.2) is 41.3 Å². The summed E-state index contributed by atoms with van der Waals surface area (Å²) in [7, 11) is 0. The predicted molar refractivity (Wildman–Crippen MR) is 142 cm³/mol. The van der Waals surface area contributed by atoms with Crippen molar-refractivity contribution in [1.29, 1.82) is 0 Å². The zero-order valence-electron chi connectivity index (χ0n) is 22.1. The summed E-state index contributed by atoms with van der Waals surface area (Å²) in [5.41, 5.74) is 4.08. The number of imidazole rings is 1. The molecule has 12 nitrogen and oxygen atoms in total. The maximum Gasteiger partial charge on any atom is 0.519 e. The van der Waals surface area contributed by atoms with E-state index in [2.05, 4.69) is 32.5 Å². The van der Waals surface area contributed by atoms with E-state index in [9.17, 15) is 14.7 Å². The van der Waals surface area contributed by atoms with Crippen molar-refractivity contribution in [3.63, 3.8) is 0 Å². The number of tetrazole rings is 1. The van der Waals surface area contributed by atoms with Crippen LogP contribution in [0, 0.1) is 6.92 Å². The van der Waals surface area contributed by atoms with E-state index >= 15 is 0 Å². The molecule has 206 valence electrons. The molecule has 0 bridgehead atoms. The normalized spacial score (nSPS) is 11.2. The monoisotopic (exact) mass is 544 g/mol. The Morgan fingerprint density at radius 3 is 2.52 bits per heavy atom. The first-order valence-corrected chi connectivity index (χ1v) is 12.9. The number of unbranched alkanes of at least 4 members (excludes halogenated alkanes) is 1. The zero-order valence-corrected chi connectivity index (χ0v) is 22.1. The van der Waals surface area contributed by atoms with Crippen molar-refractivity contribution >= 4 is 5.97 Å². The number of rotatable bonds is 11. The second kappa shape index (κ2) is 11.9. The van der Waals surface area contributed by atoms with E-state index in [0.29, 0.717) is 24.6 Å². The van der Waals surface area contributed by atoms with Crippen LogP contribution in [0.4, 0.5) is 0 Å². The molecule has 2 N–H and O–H groups in total. The van der Waals surface area contributed by atoms with Crippen LogP contribution in [0.5, 0.6) is 0 Å². The number of carbonyl (C=O) groups excluding carboxylic acids is 1. The Balaban J connectivity index is 1.44. The van der Waals surface area contributed by atoms with Gasteiger partial charge in [-0.1, -0.05) is 61.9 Å². The SMILES string of the molecule is CCCCc1nc(CO)c(C(=O)OCc2oc(=O)oc2C)n1Cc1ccc(-c2ccccc2-c2nn[nH]n2)cc1. The summed E-state index contributed by atoms with van der Waals surface area (Å²) in [4.78, 5) is 29.2. The molecule has 3 aromatic heterocycles. The molecule has 0 spiro atoms. The number of esters is 1. The molecule has 5 aromatic rings. The summed E-state index contributed by atoms with van der Waals surface area (Å²) < 4.78 is 17.0. The molecule has 0 saturated carbocycles. The molecule has 2 aromatic carbocycles. The Hall–Kier alpha value is -4.84. The average molecular weight is 545 g/mol. The molecule has 0 amide bonds. The molecular weight excluding hydrogens is 516 g/mol. The molecule has 0 aliphatic rings. The van der Waals surface area contributed by atoms with Crippen molar-refractivity contribution in [2.24, 2.45) is 0 Å². The van der Waals surface area contributed by atoms with Crippen molar-refractivity contribution in [3.8, 4) is 22.5 Å². The highest BCUT2D eigenvalue weighted by Crippen LogP contribution is 2.30. The third-order valence-corrected chi connectivity index (χ3v) is 6.50. The number of H-pyrrole nitrogens is 1. The lowest BCUT2D eigenvalue weighted by molar-refractivity contribution is 0.0426. The van der Waals surface area contributed by atoms with Crippen LogP contribution in [0.15, 0.2) is 62.2 Å². The standard InChI is InChI=1S/C28H28N6O6/c1-3-4-9-24-29-22(15-35)25(27(36)38-16-23-17(2)39-28(37)40-23)34(24)14-18-10-12-19(13-11-18)20-7-5-6-8-21(20)26-30-32-33-31-26/h5-8,10-13,35H,3-4,9,14-16H2,1-2H3,(H,30,31,32,33). The highest BCUT2D eigenvalue weighted by atomic mass is 16.6. The first-order chi connectivity index (χ1) is 19.5. The van der Waals surface area contributed by atoms with Crippen LogP contribution in [-0.2, 0) is 30.9 Å². The molecule has 0 radical (unpaired) electrons. The van der Waals surface area contributed by atoms with Gasteiger partial charge in [-0.25, -0.2) is 14.6 Å². The van der Waals surface area contributed by atoms with Crippen LogP contribution in [0.2, 0.25) is 0 Å². The van der Waals surface area contributed by atoms with E-state index in [1.165, 1.54) is 0 Å². The van der Waals surface area contributed by atoms with Gasteiger partial charge in [0, 0.05) is 18.5 Å². The molecule has 0 aliphatic heterocycles. The van der Waals surface area contributed by atoms with Gasteiger partial charge in [0.2, 0.25) is 5.82 Å². The smallest absolute Gasteiger partial charge is 0.453 e. The van der Waals surface area contributed by atoms with Crippen LogP contribution >= 0.6 is 0 Å². The third kappa shape index (κ3) is 5.61. The quantitative estimate of drug-likeness (QED) is 0.234. The van der Waals surface area contributed by atoms with Crippen LogP contribution < -0.4 is 5.82 Å². The number of nitrogens with one attached hydrogen (secondary N) is 1. The number of ether oxygens (including phenoxy) is 1. The fraction of sp³-hybridized carbons (Fsp3) is 0.286. The predicted octanol–water partition coefficient (Wildman–Crippen LogP) is 3.83. The molecule has 0 unspecified atom stereocenters. The number of aliphatic hydroxyl groups is 1. The van der Waals surface area contributed by atoms with Gasteiger partial charge in [-0.15, -0.1) is 10.2 Å². The maximum atomic E-state index is 13.2. The van der Waals surface area contributed by atoms with E-state index in [-0.39, 0.29) is 29.5 Å². The van der Waals surface area contributed by atoms with Crippen molar-refractivity contribution < 1.29 is 23.5 Å². The Morgan fingerprint density at radius 2 is 1.88 bits per heavy atom. The molecule has 40 heavy (non-hydrogen) atoms. The highest BCUT2D eigenvalue weighted by molar-refractivity contribution is 5.89. The van der Waals surface area contributed by atoms with E-state index in [0.717, 1.165) is 35.1 Å². The highest BCUT2D eigenvalue weighted by Gasteiger charge is 2.25. The van der Waals surface area contributed by atoms with Gasteiger partial charge in [-0.3, -0.25) is 0 Å². The minimum Gasteiger partial charge on any atom is -0.453 e. The molecule has 0 fully saturated rings. The van der Waals surface area contributed by atoms with Crippen molar-refractivity contribution in [1.82, 2.24) is 30.2 Å². The summed E-state index contributed by atoms with van der Waals surface area (Å²) in [6, 6.07) is 15.7. The second-order valence-electron chi connectivity index (χ2n) is 9.16. The minimum atomic E-state index is -0.866. The first kappa shape index (κ1) is 26.8. The number of aliphatic hydroxyl groups excluding tert-OH is 1. The van der Waals surface area contributed by atoms with E-state index < -0.39 is 18.4 Å². The van der Waals surface area contributed by atoms with Gasteiger partial charge in [0.25, 0.3) is 0 Å². The Bertz CT molecular complexity index is 1650. The topological polar surface area (TPSA) is 162 Å². The second-order valence-corrected chi connectivity index (χ2v) is 9.16. The number of aromatic amines is 1. The van der Waals surface area contributed by atoms with Crippen molar-refractivity contribution in [2.45, 2.75) is 52.9 Å². The molecule has 12 heteroatoms. The molecule has 0 atom stereocenters. The summed E-state index contributed by atoms with van der Waals surface area (Å²) in [6.07, 6.45) is 2.43. The summed E-state index contributed by atoms with van der Waals surface area (Å²) >= 11 is 0. The molecule has 0 aliphatic carbocycles. The fourth-order valence-electron chi connectivity index (χ4n) is 4.47. The Kier molecular flexibility index (Phi) is 7.97. The maximum absolute atomic E-state index is 13.2. The summed E-state index contributed by atoms with van der Waals surface area (Å²) in [5.74, 6) is -0.0159. The number of aryl methyl sites for hydroxylation is 2. The van der Waals surface area contributed by atoms with E-state index in [4.69, 9.17) is 13.6 Å². The van der Waals surface area contributed by atoms with Crippen LogP contribution in [0.25, 0.3) is 22.5 Å². The van der Waals surface area contributed by atoms with Gasteiger partial charge >= 0.3 is 11.8 Å². The van der Waals surface area contributed by atoms with Gasteiger partial charge < -0.3 is 23.2 Å². The van der Waals surface area contributed by atoms with Crippen LogP contribution in [0.3, 0.4) is 0 Å². The summed E-state index contributed by atoms with van der Waals surface area (Å²) in [5, 5.41) is 24.4. The van der Waals surface area contributed by atoms with Gasteiger partial charge in [0.05, 0.1) is 12.3 Å². The van der Waals surface area contributed by atoms with E-state index in [1.807, 2.05) is 48.5 Å². The lowest BCUT2D eigenvalue weighted by Crippen LogP contribution is -2.17. The lowest BCUT2D eigenvalue weighted by Gasteiger charge is -2.13. The Morgan fingerprint density at radius 1 is 1.10 bits per heavy atom. The van der Waals surface area contributed by atoms with Crippen LogP contribution in [0.1, 0.15) is 58.9 Å². The molecular formula is C28H28N6O6. The number of hydrogen-bond acceptors (Lipinski definition) is 10. The number of nitrogens with zero attached hydrogens (tertiary/aromatic N) is 5. The van der Waals surface area contributed by atoms with Gasteiger partial charge in [0.1, 0.15) is 5.82 Å². The number of carbonyl (C=O) groups is 1. The first-order valence-electron chi connectivity index (χ1n) is 12.9. The third-order valence-electron chi connectivity index (χ3n) is 6.50. The number of benzene rings is 2. The van der Waals surface area contributed by atoms with Crippen molar-refractivity contribution in [2.75, 3.05) is 0 Å². The largest absolute Gasteiger partial charge is 0.519 e. The lowest BCUT2D eigenvalue weighted by atomic mass is 9.98. The van der Waals surface area contributed by atoms with Gasteiger partial charge in [-0.05, 0) is 35.2 Å².